The molecule has 3 aromatic carbocycles. The number of carbonyl (C=O) groups is 1. The Hall–Kier alpha value is -3.07. The quantitative estimate of drug-likeness (QED) is 0.490. The SMILES string of the molecule is COc1ccc(NC(=O)C(Cc2ccccc2)NS(=O)(=O)c2ccc(Cl)cc2)cc1OC. The number of nitrogens with one attached hydrogen (secondary N) is 2. The minimum atomic E-state index is -3.97. The summed E-state index contributed by atoms with van der Waals surface area (Å²) in [5.41, 5.74) is 1.25. The average Bonchev–Trinajstić information content (AvgIpc) is 2.79. The minimum absolute atomic E-state index is 0.0129. The molecule has 7 nitrogen and oxygen atoms in total. The van der Waals surface area contributed by atoms with Gasteiger partial charge in [0.2, 0.25) is 15.9 Å². The summed E-state index contributed by atoms with van der Waals surface area (Å²) in [6, 6.07) is 18.7. The highest BCUT2D eigenvalue weighted by Gasteiger charge is 2.26. The maximum absolute atomic E-state index is 13.1. The molecule has 0 fully saturated rings. The lowest BCUT2D eigenvalue weighted by Crippen LogP contribution is -2.45. The number of halogens is 1. The molecule has 0 heterocycles. The van der Waals surface area contributed by atoms with E-state index in [0.29, 0.717) is 22.2 Å². The van der Waals surface area contributed by atoms with Crippen molar-refractivity contribution in [3.8, 4) is 11.5 Å². The van der Waals surface area contributed by atoms with Crippen molar-refractivity contribution in [2.75, 3.05) is 19.5 Å². The summed E-state index contributed by atoms with van der Waals surface area (Å²) in [5.74, 6) is 0.431. The molecule has 3 aromatic rings. The Kier molecular flexibility index (Phi) is 7.74. The Labute approximate surface area is 192 Å². The molecule has 1 amide bonds. The van der Waals surface area contributed by atoms with Crippen molar-refractivity contribution in [1.82, 2.24) is 4.72 Å². The van der Waals surface area contributed by atoms with E-state index in [2.05, 4.69) is 10.0 Å². The Balaban J connectivity index is 1.86. The number of hydrogen-bond donors (Lipinski definition) is 2. The van der Waals surface area contributed by atoms with Crippen molar-refractivity contribution < 1.29 is 22.7 Å². The van der Waals surface area contributed by atoms with Crippen molar-refractivity contribution in [3.63, 3.8) is 0 Å². The molecule has 32 heavy (non-hydrogen) atoms. The summed E-state index contributed by atoms with van der Waals surface area (Å²) in [5, 5.41) is 3.16. The van der Waals surface area contributed by atoms with Crippen molar-refractivity contribution in [3.05, 3.63) is 83.4 Å². The van der Waals surface area contributed by atoms with Gasteiger partial charge in [0.25, 0.3) is 0 Å². The van der Waals surface area contributed by atoms with Crippen LogP contribution in [0.5, 0.6) is 11.5 Å². The third kappa shape index (κ3) is 6.00. The van der Waals surface area contributed by atoms with Gasteiger partial charge >= 0.3 is 0 Å². The van der Waals surface area contributed by atoms with Gasteiger partial charge in [0, 0.05) is 16.8 Å². The standard InChI is InChI=1S/C23H23ClN2O5S/c1-30-21-13-10-18(15-22(21)31-2)25-23(27)20(14-16-6-4-3-5-7-16)26-32(28,29)19-11-8-17(24)9-12-19/h3-13,15,20,26H,14H2,1-2H3,(H,25,27). The van der Waals surface area contributed by atoms with E-state index in [0.717, 1.165) is 5.56 Å². The number of amides is 1. The second-order valence-corrected chi connectivity index (χ2v) is 9.03. The number of carbonyl (C=O) groups excluding carboxylic acids is 1. The molecule has 0 saturated heterocycles. The third-order valence-corrected chi connectivity index (χ3v) is 6.41. The van der Waals surface area contributed by atoms with E-state index in [1.54, 1.807) is 18.2 Å². The summed E-state index contributed by atoms with van der Waals surface area (Å²) in [7, 11) is -0.972. The zero-order valence-electron chi connectivity index (χ0n) is 17.5. The van der Waals surface area contributed by atoms with Gasteiger partial charge in [-0.3, -0.25) is 4.79 Å². The second kappa shape index (κ2) is 10.5. The first-order valence-corrected chi connectivity index (χ1v) is 11.5. The van der Waals surface area contributed by atoms with Crippen LogP contribution < -0.4 is 19.5 Å². The summed E-state index contributed by atoms with van der Waals surface area (Å²) < 4.78 is 38.8. The monoisotopic (exact) mass is 474 g/mol. The van der Waals surface area contributed by atoms with Crippen molar-refractivity contribution in [1.29, 1.82) is 0 Å². The highest BCUT2D eigenvalue weighted by atomic mass is 35.5. The Morgan fingerprint density at radius 1 is 0.938 bits per heavy atom. The van der Waals surface area contributed by atoms with E-state index >= 15 is 0 Å². The Bertz CT molecular complexity index is 1170. The van der Waals surface area contributed by atoms with Gasteiger partial charge in [0.15, 0.2) is 11.5 Å². The fourth-order valence-corrected chi connectivity index (χ4v) is 4.37. The van der Waals surface area contributed by atoms with Crippen LogP contribution in [0, 0.1) is 0 Å². The van der Waals surface area contributed by atoms with E-state index in [1.165, 1.54) is 38.5 Å². The van der Waals surface area contributed by atoms with E-state index in [-0.39, 0.29) is 11.3 Å². The minimum Gasteiger partial charge on any atom is -0.493 e. The molecule has 0 bridgehead atoms. The molecular weight excluding hydrogens is 452 g/mol. The van der Waals surface area contributed by atoms with Gasteiger partial charge < -0.3 is 14.8 Å². The van der Waals surface area contributed by atoms with Gasteiger partial charge in [-0.1, -0.05) is 41.9 Å². The molecule has 9 heteroatoms. The summed E-state index contributed by atoms with van der Waals surface area (Å²) in [6.07, 6.45) is 0.160. The number of benzene rings is 3. The van der Waals surface area contributed by atoms with Crippen LogP contribution in [0.4, 0.5) is 5.69 Å². The van der Waals surface area contributed by atoms with E-state index in [1.807, 2.05) is 30.3 Å². The number of sulfonamides is 1. The lowest BCUT2D eigenvalue weighted by atomic mass is 10.1. The van der Waals surface area contributed by atoms with Crippen LogP contribution in [0.25, 0.3) is 0 Å². The number of methoxy groups -OCH3 is 2. The van der Waals surface area contributed by atoms with Gasteiger partial charge in [-0.15, -0.1) is 0 Å². The first-order chi connectivity index (χ1) is 15.3. The fourth-order valence-electron chi connectivity index (χ4n) is 3.05. The zero-order chi connectivity index (χ0) is 23.1. The molecule has 0 aliphatic carbocycles. The first kappa shape index (κ1) is 23.6. The lowest BCUT2D eigenvalue weighted by Gasteiger charge is -2.19. The van der Waals surface area contributed by atoms with Gasteiger partial charge in [0.1, 0.15) is 6.04 Å². The predicted molar refractivity (Wildman–Crippen MR) is 124 cm³/mol. The van der Waals surface area contributed by atoms with Gasteiger partial charge in [-0.05, 0) is 48.4 Å². The van der Waals surface area contributed by atoms with Crippen LogP contribution in [0.3, 0.4) is 0 Å². The summed E-state index contributed by atoms with van der Waals surface area (Å²) in [6.45, 7) is 0. The van der Waals surface area contributed by atoms with Crippen LogP contribution >= 0.6 is 11.6 Å². The zero-order valence-corrected chi connectivity index (χ0v) is 19.1. The number of rotatable bonds is 9. The van der Waals surface area contributed by atoms with Crippen molar-refractivity contribution in [2.45, 2.75) is 17.4 Å². The summed E-state index contributed by atoms with van der Waals surface area (Å²) in [4.78, 5) is 13.1. The molecule has 0 aliphatic heterocycles. The van der Waals surface area contributed by atoms with Crippen molar-refractivity contribution >= 4 is 33.2 Å². The maximum Gasteiger partial charge on any atom is 0.242 e. The van der Waals surface area contributed by atoms with E-state index in [9.17, 15) is 13.2 Å². The number of ether oxygens (including phenoxy) is 2. The predicted octanol–water partition coefficient (Wildman–Crippen LogP) is 3.89. The maximum atomic E-state index is 13.1. The van der Waals surface area contributed by atoms with Crippen LogP contribution in [0.1, 0.15) is 5.56 Å². The first-order valence-electron chi connectivity index (χ1n) is 9.67. The molecule has 0 radical (unpaired) electrons. The molecule has 3 rings (SSSR count). The second-order valence-electron chi connectivity index (χ2n) is 6.88. The van der Waals surface area contributed by atoms with E-state index in [4.69, 9.17) is 21.1 Å². The highest BCUT2D eigenvalue weighted by Crippen LogP contribution is 2.29. The smallest absolute Gasteiger partial charge is 0.242 e. The molecular formula is C23H23ClN2O5S. The average molecular weight is 475 g/mol. The molecule has 1 atom stereocenters. The topological polar surface area (TPSA) is 93.7 Å². The van der Waals surface area contributed by atoms with Gasteiger partial charge in [-0.25, -0.2) is 8.42 Å². The number of anilines is 1. The van der Waals surface area contributed by atoms with Crippen LogP contribution in [0.15, 0.2) is 77.7 Å². The van der Waals surface area contributed by atoms with Gasteiger partial charge in [-0.2, -0.15) is 4.72 Å². The molecule has 0 aliphatic rings. The lowest BCUT2D eigenvalue weighted by molar-refractivity contribution is -0.117. The Morgan fingerprint density at radius 3 is 2.22 bits per heavy atom. The Morgan fingerprint density at radius 2 is 1.59 bits per heavy atom. The molecule has 2 N–H and O–H groups in total. The highest BCUT2D eigenvalue weighted by molar-refractivity contribution is 7.89. The largest absolute Gasteiger partial charge is 0.493 e. The fraction of sp³-hybridized carbons (Fsp3) is 0.174. The van der Waals surface area contributed by atoms with Crippen LogP contribution in [-0.4, -0.2) is 34.6 Å². The molecule has 0 spiro atoms. The van der Waals surface area contributed by atoms with Crippen LogP contribution in [0.2, 0.25) is 5.02 Å². The molecule has 0 aromatic heterocycles. The van der Waals surface area contributed by atoms with Crippen LogP contribution in [-0.2, 0) is 21.2 Å². The third-order valence-electron chi connectivity index (χ3n) is 4.67. The van der Waals surface area contributed by atoms with Gasteiger partial charge in [0.05, 0.1) is 19.1 Å². The molecule has 1 unspecified atom stereocenters. The van der Waals surface area contributed by atoms with Crippen molar-refractivity contribution in [2.24, 2.45) is 0 Å². The normalized spacial score (nSPS) is 12.1. The summed E-state index contributed by atoms with van der Waals surface area (Å²) >= 11 is 5.86. The number of hydrogen-bond acceptors (Lipinski definition) is 5. The molecule has 168 valence electrons. The van der Waals surface area contributed by atoms with E-state index < -0.39 is 22.0 Å². The molecule has 0 saturated carbocycles.